The molecule has 0 atom stereocenters. The smallest absolute Gasteiger partial charge is 0.141 e. The Bertz CT molecular complexity index is 1050. The summed E-state index contributed by atoms with van der Waals surface area (Å²) in [6.07, 6.45) is 3.18. The van der Waals surface area contributed by atoms with Gasteiger partial charge >= 0.3 is 0 Å². The van der Waals surface area contributed by atoms with Gasteiger partial charge in [0.1, 0.15) is 11.9 Å². The molecular weight excluding hydrogens is 426 g/mol. The topological polar surface area (TPSA) is 77.8 Å². The number of aliphatic imine (C=N–C) groups is 2. The van der Waals surface area contributed by atoms with E-state index in [1.165, 1.54) is 10.5 Å². The second-order valence-electron chi connectivity index (χ2n) is 7.37. The van der Waals surface area contributed by atoms with E-state index >= 15 is 0 Å². The number of halogens is 1. The second kappa shape index (κ2) is 10.8. The van der Waals surface area contributed by atoms with Crippen LogP contribution >= 0.6 is 23.4 Å². The molecule has 0 fully saturated rings. The van der Waals surface area contributed by atoms with Crippen LogP contribution in [0.15, 0.2) is 45.2 Å². The first-order valence-corrected chi connectivity index (χ1v) is 12.0. The average molecular weight is 454 g/mol. The van der Waals surface area contributed by atoms with Gasteiger partial charge in [0, 0.05) is 22.6 Å². The molecule has 1 aliphatic heterocycles. The number of likely N-dealkylation sites (N-methyl/N-ethyl adjacent to an activating group) is 1. The number of nitrogens with zero attached hydrogens (tertiary/aromatic N) is 4. The Kier molecular flexibility index (Phi) is 8.14. The van der Waals surface area contributed by atoms with Crippen LogP contribution in [0.1, 0.15) is 55.9 Å². The Morgan fingerprint density at radius 1 is 1.16 bits per heavy atom. The molecule has 0 amide bonds. The summed E-state index contributed by atoms with van der Waals surface area (Å²) in [5.41, 5.74) is 5.11. The molecular formula is C24H28ClN5S. The highest BCUT2D eigenvalue weighted by Gasteiger charge is 2.22. The number of thioether (sulfide) groups is 1. The molecule has 0 unspecified atom stereocenters. The van der Waals surface area contributed by atoms with Crippen LogP contribution in [0.5, 0.6) is 0 Å². The molecule has 0 spiro atoms. The Morgan fingerprint density at radius 3 is 2.65 bits per heavy atom. The number of nitriles is 1. The van der Waals surface area contributed by atoms with Crippen molar-refractivity contribution in [2.45, 2.75) is 44.9 Å². The van der Waals surface area contributed by atoms with Crippen molar-refractivity contribution in [1.29, 1.82) is 5.26 Å². The van der Waals surface area contributed by atoms with Crippen molar-refractivity contribution in [3.05, 3.63) is 57.6 Å². The summed E-state index contributed by atoms with van der Waals surface area (Å²) in [4.78, 5) is 10.9. The molecule has 2 aromatic carbocycles. The number of hydrazine groups is 1. The van der Waals surface area contributed by atoms with Crippen LogP contribution in [0.2, 0.25) is 5.02 Å². The summed E-state index contributed by atoms with van der Waals surface area (Å²) < 4.78 is 0. The molecule has 2 N–H and O–H groups in total. The maximum atomic E-state index is 9.48. The number of benzene rings is 2. The Hall–Kier alpha value is -2.33. The fraction of sp³-hybridized carbons (Fsp3) is 0.375. The third kappa shape index (κ3) is 5.30. The van der Waals surface area contributed by atoms with Crippen LogP contribution in [0.3, 0.4) is 0 Å². The van der Waals surface area contributed by atoms with Gasteiger partial charge in [0.15, 0.2) is 0 Å². The third-order valence-electron chi connectivity index (χ3n) is 5.06. The standard InChI is InChI=1S/C24H28ClN5S/c1-4-7-16-8-9-22(31-10-5-2)19(11-16)24-18-13-20(25)17(14-26)12-21(18)29-23(15-28-24)30(27)6-3/h8-9,11-13H,4-7,10,15,27H2,1-3H3. The normalized spacial score (nSPS) is 13.0. The SMILES string of the molecule is CCCSc1ccc(CCC)cc1C1=NCC(N(N)CC)=Nc2cc(C#N)c(Cl)cc21. The van der Waals surface area contributed by atoms with Crippen molar-refractivity contribution in [1.82, 2.24) is 5.01 Å². The summed E-state index contributed by atoms with van der Waals surface area (Å²) in [7, 11) is 0. The molecule has 0 bridgehead atoms. The van der Waals surface area contributed by atoms with Gasteiger partial charge < -0.3 is 0 Å². The largest absolute Gasteiger partial charge is 0.297 e. The van der Waals surface area contributed by atoms with Gasteiger partial charge in [-0.05, 0) is 55.3 Å². The van der Waals surface area contributed by atoms with E-state index in [2.05, 4.69) is 38.1 Å². The first-order chi connectivity index (χ1) is 15.0. The lowest BCUT2D eigenvalue weighted by Crippen LogP contribution is -2.38. The number of fused-ring (bicyclic) bond motifs is 1. The molecule has 1 aliphatic rings. The monoisotopic (exact) mass is 453 g/mol. The van der Waals surface area contributed by atoms with Crippen LogP contribution in [-0.4, -0.2) is 35.4 Å². The van der Waals surface area contributed by atoms with E-state index in [0.717, 1.165) is 41.9 Å². The quantitative estimate of drug-likeness (QED) is 0.329. The molecule has 31 heavy (non-hydrogen) atoms. The summed E-state index contributed by atoms with van der Waals surface area (Å²) in [5.74, 6) is 7.85. The van der Waals surface area contributed by atoms with E-state index < -0.39 is 0 Å². The van der Waals surface area contributed by atoms with Gasteiger partial charge in [-0.2, -0.15) is 5.26 Å². The molecule has 1 heterocycles. The van der Waals surface area contributed by atoms with Crippen molar-refractivity contribution in [2.24, 2.45) is 15.8 Å². The lowest BCUT2D eigenvalue weighted by molar-refractivity contribution is 0.459. The van der Waals surface area contributed by atoms with Crippen LogP contribution in [0.4, 0.5) is 5.69 Å². The minimum absolute atomic E-state index is 0.365. The zero-order valence-corrected chi connectivity index (χ0v) is 19.9. The molecule has 3 rings (SSSR count). The summed E-state index contributed by atoms with van der Waals surface area (Å²) in [5, 5.41) is 11.5. The molecule has 0 saturated carbocycles. The van der Waals surface area contributed by atoms with Crippen LogP contribution in [0, 0.1) is 11.3 Å². The lowest BCUT2D eigenvalue weighted by Gasteiger charge is -2.16. The van der Waals surface area contributed by atoms with Crippen molar-refractivity contribution in [3.8, 4) is 6.07 Å². The van der Waals surface area contributed by atoms with E-state index in [9.17, 15) is 5.26 Å². The molecule has 2 aromatic rings. The van der Waals surface area contributed by atoms with Gasteiger partial charge in [0.25, 0.3) is 0 Å². The first-order valence-electron chi connectivity index (χ1n) is 10.7. The lowest BCUT2D eigenvalue weighted by atomic mass is 9.96. The van der Waals surface area contributed by atoms with Gasteiger partial charge in [-0.15, -0.1) is 11.8 Å². The van der Waals surface area contributed by atoms with E-state index in [1.807, 2.05) is 24.8 Å². The Morgan fingerprint density at radius 2 is 1.97 bits per heavy atom. The predicted molar refractivity (Wildman–Crippen MR) is 132 cm³/mol. The summed E-state index contributed by atoms with van der Waals surface area (Å²) in [6, 6.07) is 12.3. The number of hydrogen-bond acceptors (Lipinski definition) is 6. The zero-order chi connectivity index (χ0) is 22.4. The Labute approximate surface area is 194 Å². The van der Waals surface area contributed by atoms with Crippen molar-refractivity contribution < 1.29 is 0 Å². The fourth-order valence-electron chi connectivity index (χ4n) is 3.45. The molecule has 0 aromatic heterocycles. The Balaban J connectivity index is 2.23. The maximum Gasteiger partial charge on any atom is 0.141 e. The van der Waals surface area contributed by atoms with Crippen LogP contribution < -0.4 is 5.84 Å². The van der Waals surface area contributed by atoms with E-state index in [0.29, 0.717) is 35.2 Å². The number of rotatable bonds is 7. The van der Waals surface area contributed by atoms with E-state index in [-0.39, 0.29) is 0 Å². The van der Waals surface area contributed by atoms with Gasteiger partial charge in [0.2, 0.25) is 0 Å². The summed E-state index contributed by atoms with van der Waals surface area (Å²) in [6.45, 7) is 7.31. The minimum Gasteiger partial charge on any atom is -0.297 e. The zero-order valence-electron chi connectivity index (χ0n) is 18.3. The molecule has 162 valence electrons. The molecule has 0 aliphatic carbocycles. The number of aryl methyl sites for hydroxylation is 1. The third-order valence-corrected chi connectivity index (χ3v) is 6.65. The van der Waals surface area contributed by atoms with Gasteiger partial charge in [-0.3, -0.25) is 10.0 Å². The highest BCUT2D eigenvalue weighted by molar-refractivity contribution is 7.99. The van der Waals surface area contributed by atoms with E-state index in [1.54, 1.807) is 11.1 Å². The highest BCUT2D eigenvalue weighted by atomic mass is 35.5. The van der Waals surface area contributed by atoms with Gasteiger partial charge in [-0.1, -0.05) is 37.9 Å². The molecule has 7 heteroatoms. The second-order valence-corrected chi connectivity index (χ2v) is 8.91. The number of hydrogen-bond donors (Lipinski definition) is 1. The molecule has 0 saturated heterocycles. The van der Waals surface area contributed by atoms with Crippen LogP contribution in [0.25, 0.3) is 0 Å². The average Bonchev–Trinajstić information content (AvgIpc) is 2.96. The van der Waals surface area contributed by atoms with Crippen molar-refractivity contribution >= 4 is 40.6 Å². The van der Waals surface area contributed by atoms with Crippen LogP contribution in [-0.2, 0) is 6.42 Å². The summed E-state index contributed by atoms with van der Waals surface area (Å²) >= 11 is 8.27. The van der Waals surface area contributed by atoms with Crippen molar-refractivity contribution in [2.75, 3.05) is 18.8 Å². The number of nitrogens with two attached hydrogens (primary N) is 1. The number of amidine groups is 1. The first kappa shape index (κ1) is 23.3. The molecule has 0 radical (unpaired) electrons. The van der Waals surface area contributed by atoms with Gasteiger partial charge in [-0.25, -0.2) is 10.8 Å². The molecule has 5 nitrogen and oxygen atoms in total. The van der Waals surface area contributed by atoms with Gasteiger partial charge in [0.05, 0.1) is 28.5 Å². The minimum atomic E-state index is 0.365. The van der Waals surface area contributed by atoms with E-state index in [4.69, 9.17) is 27.4 Å². The van der Waals surface area contributed by atoms with Crippen molar-refractivity contribution in [3.63, 3.8) is 0 Å². The maximum absolute atomic E-state index is 9.48. The fourth-order valence-corrected chi connectivity index (χ4v) is 4.56. The predicted octanol–water partition coefficient (Wildman–Crippen LogP) is 5.74. The highest BCUT2D eigenvalue weighted by Crippen LogP contribution is 2.34.